The van der Waals surface area contributed by atoms with E-state index in [2.05, 4.69) is 11.6 Å². The molecule has 10 heteroatoms. The maximum Gasteiger partial charge on any atom is 0.416 e. The summed E-state index contributed by atoms with van der Waals surface area (Å²) in [5.74, 6) is 0.511. The highest BCUT2D eigenvalue weighted by Crippen LogP contribution is 2.32. The van der Waals surface area contributed by atoms with Crippen LogP contribution < -0.4 is 0 Å². The zero-order valence-corrected chi connectivity index (χ0v) is 21.9. The van der Waals surface area contributed by atoms with E-state index in [0.29, 0.717) is 27.6 Å². The summed E-state index contributed by atoms with van der Waals surface area (Å²) < 4.78 is 79.6. The number of hydrogen-bond acceptors (Lipinski definition) is 3. The van der Waals surface area contributed by atoms with Gasteiger partial charge in [-0.3, -0.25) is 4.79 Å². The van der Waals surface area contributed by atoms with E-state index >= 15 is 0 Å². The lowest BCUT2D eigenvalue weighted by molar-refractivity contribution is -0.0907. The maximum absolute atomic E-state index is 13.1. The van der Waals surface area contributed by atoms with Gasteiger partial charge < -0.3 is 4.57 Å². The monoisotopic (exact) mass is 532 g/mol. The van der Waals surface area contributed by atoms with Crippen LogP contribution in [0.2, 0.25) is 0 Å². The van der Waals surface area contributed by atoms with Crippen LogP contribution in [-0.2, 0) is 7.05 Å². The Hall–Kier alpha value is -2.75. The Labute approximate surface area is 212 Å². The van der Waals surface area contributed by atoms with E-state index in [1.54, 1.807) is 20.0 Å². The minimum Gasteiger partial charge on any atom is -0.324 e. The number of rotatable bonds is 10. The zero-order chi connectivity index (χ0) is 27.8. The van der Waals surface area contributed by atoms with Crippen molar-refractivity contribution >= 4 is 29.2 Å². The minimum absolute atomic E-state index is 0.0377. The molecule has 0 saturated heterocycles. The molecular formula is C26H30F6N2OS. The molecule has 0 radical (unpaired) electrons. The molecule has 0 amide bonds. The molecule has 0 aliphatic carbocycles. The van der Waals surface area contributed by atoms with Gasteiger partial charge in [-0.1, -0.05) is 37.8 Å². The third kappa shape index (κ3) is 8.43. The molecule has 1 heterocycles. The van der Waals surface area contributed by atoms with Gasteiger partial charge in [0.15, 0.2) is 5.78 Å². The first-order chi connectivity index (χ1) is 16.6. The normalized spacial score (nSPS) is 14.9. The first kappa shape index (κ1) is 31.3. The lowest BCUT2D eigenvalue weighted by atomic mass is 10.1. The fourth-order valence-corrected chi connectivity index (χ4v) is 4.08. The fourth-order valence-electron chi connectivity index (χ4n) is 3.23. The van der Waals surface area contributed by atoms with Gasteiger partial charge in [0, 0.05) is 30.0 Å². The first-order valence-corrected chi connectivity index (χ1v) is 12.0. The van der Waals surface area contributed by atoms with E-state index < -0.39 is 29.3 Å². The van der Waals surface area contributed by atoms with Crippen molar-refractivity contribution in [2.75, 3.05) is 5.75 Å². The summed E-state index contributed by atoms with van der Waals surface area (Å²) in [6, 6.07) is 0. The summed E-state index contributed by atoms with van der Waals surface area (Å²) in [6.07, 6.45) is -1.35. The van der Waals surface area contributed by atoms with Crippen LogP contribution >= 0.6 is 11.8 Å². The molecular weight excluding hydrogens is 502 g/mol. The number of alkyl halides is 6. The van der Waals surface area contributed by atoms with Gasteiger partial charge in [-0.25, -0.2) is 4.98 Å². The molecule has 1 aromatic rings. The molecule has 0 N–H and O–H groups in total. The fraction of sp³-hybridized carbons (Fsp3) is 0.385. The third-order valence-corrected chi connectivity index (χ3v) is 6.15. The van der Waals surface area contributed by atoms with Crippen LogP contribution in [-0.4, -0.2) is 33.4 Å². The lowest BCUT2D eigenvalue weighted by Gasteiger charge is -2.10. The van der Waals surface area contributed by atoms with Crippen LogP contribution in [0.1, 0.15) is 63.0 Å². The minimum atomic E-state index is -4.56. The van der Waals surface area contributed by atoms with Gasteiger partial charge >= 0.3 is 12.4 Å². The smallest absolute Gasteiger partial charge is 0.324 e. The van der Waals surface area contributed by atoms with E-state index in [-0.39, 0.29) is 17.8 Å². The summed E-state index contributed by atoms with van der Waals surface area (Å²) >= 11 is 1.43. The van der Waals surface area contributed by atoms with Crippen LogP contribution in [0.5, 0.6) is 0 Å². The van der Waals surface area contributed by atoms with E-state index in [9.17, 15) is 31.1 Å². The molecule has 0 aliphatic rings. The number of imidazole rings is 1. The van der Waals surface area contributed by atoms with Gasteiger partial charge in [-0.05, 0) is 50.7 Å². The number of halogens is 6. The van der Waals surface area contributed by atoms with E-state index in [1.165, 1.54) is 42.3 Å². The lowest BCUT2D eigenvalue weighted by Crippen LogP contribution is -2.09. The molecule has 0 unspecified atom stereocenters. The summed E-state index contributed by atoms with van der Waals surface area (Å²) in [7, 11) is 1.55. The maximum atomic E-state index is 13.1. The van der Waals surface area contributed by atoms with Crippen LogP contribution in [0.4, 0.5) is 26.3 Å². The molecule has 3 nitrogen and oxygen atoms in total. The first-order valence-electron chi connectivity index (χ1n) is 11.0. The summed E-state index contributed by atoms with van der Waals surface area (Å²) in [5.41, 5.74) is -0.468. The summed E-state index contributed by atoms with van der Waals surface area (Å²) in [5, 5.41) is 0. The van der Waals surface area contributed by atoms with Gasteiger partial charge in [0.1, 0.15) is 11.5 Å². The second-order valence-corrected chi connectivity index (χ2v) is 9.11. The Bertz CT molecular complexity index is 1130. The molecule has 0 atom stereocenters. The zero-order valence-electron chi connectivity index (χ0n) is 21.1. The van der Waals surface area contributed by atoms with Gasteiger partial charge in [0.25, 0.3) is 0 Å². The second kappa shape index (κ2) is 13.0. The number of carbonyl (C=O) groups is 1. The predicted molar refractivity (Wildman–Crippen MR) is 135 cm³/mol. The number of aromatic nitrogens is 2. The Morgan fingerprint density at radius 3 is 2.17 bits per heavy atom. The molecule has 1 rings (SSSR count). The van der Waals surface area contributed by atoms with Crippen LogP contribution in [0.25, 0.3) is 11.6 Å². The van der Waals surface area contributed by atoms with Crippen LogP contribution in [0.15, 0.2) is 58.6 Å². The van der Waals surface area contributed by atoms with Gasteiger partial charge in [-0.15, -0.1) is 11.8 Å². The SMILES string of the molecule is C=C/C(=C\C(SCC)=C(/C)c1nc(/C=C(\C)C(F)(F)F)c(C(C)=O)n1C)C/C=C\C(=C/C)C(F)(F)F. The quantitative estimate of drug-likeness (QED) is 0.172. The van der Waals surface area contributed by atoms with Crippen molar-refractivity contribution in [2.24, 2.45) is 7.05 Å². The molecule has 0 aromatic carbocycles. The molecule has 198 valence electrons. The third-order valence-electron chi connectivity index (χ3n) is 5.13. The Morgan fingerprint density at radius 2 is 1.72 bits per heavy atom. The van der Waals surface area contributed by atoms with Crippen molar-refractivity contribution in [3.63, 3.8) is 0 Å². The average Bonchev–Trinajstić information content (AvgIpc) is 3.08. The number of allylic oxidation sites excluding steroid dienone is 9. The highest BCUT2D eigenvalue weighted by molar-refractivity contribution is 8.03. The van der Waals surface area contributed by atoms with Crippen LogP contribution in [0.3, 0.4) is 0 Å². The number of thioether (sulfide) groups is 1. The van der Waals surface area contributed by atoms with Crippen molar-refractivity contribution < 1.29 is 31.1 Å². The summed E-state index contributed by atoms with van der Waals surface area (Å²) in [6.45, 7) is 10.8. The highest BCUT2D eigenvalue weighted by atomic mass is 32.2. The predicted octanol–water partition coefficient (Wildman–Crippen LogP) is 8.64. The number of hydrogen-bond donors (Lipinski definition) is 0. The van der Waals surface area contributed by atoms with Gasteiger partial charge in [0.2, 0.25) is 0 Å². The number of nitrogens with zero attached hydrogens (tertiary/aromatic N) is 2. The largest absolute Gasteiger partial charge is 0.416 e. The molecule has 0 fully saturated rings. The van der Waals surface area contributed by atoms with Crippen molar-refractivity contribution in [3.8, 4) is 0 Å². The Kier molecular flexibility index (Phi) is 11.3. The number of Topliss-reactive ketones (excluding diaryl/α,β-unsaturated/α-hetero) is 1. The number of ketones is 1. The molecule has 0 spiro atoms. The van der Waals surface area contributed by atoms with Crippen molar-refractivity contribution in [1.29, 1.82) is 0 Å². The van der Waals surface area contributed by atoms with E-state index in [1.807, 2.05) is 6.92 Å². The second-order valence-electron chi connectivity index (χ2n) is 7.80. The van der Waals surface area contributed by atoms with E-state index in [0.717, 1.165) is 25.2 Å². The Balaban J connectivity index is 3.60. The topological polar surface area (TPSA) is 34.9 Å². The highest BCUT2D eigenvalue weighted by Gasteiger charge is 2.32. The van der Waals surface area contributed by atoms with Gasteiger partial charge in [-0.2, -0.15) is 26.3 Å². The van der Waals surface area contributed by atoms with E-state index in [4.69, 9.17) is 0 Å². The molecule has 0 saturated carbocycles. The molecule has 0 bridgehead atoms. The van der Waals surface area contributed by atoms with Gasteiger partial charge in [0.05, 0.1) is 11.3 Å². The van der Waals surface area contributed by atoms with Crippen molar-refractivity contribution in [1.82, 2.24) is 9.55 Å². The number of carbonyl (C=O) groups excluding carboxylic acids is 1. The summed E-state index contributed by atoms with van der Waals surface area (Å²) in [4.78, 5) is 17.3. The Morgan fingerprint density at radius 1 is 1.11 bits per heavy atom. The molecule has 0 aliphatic heterocycles. The van der Waals surface area contributed by atoms with Crippen molar-refractivity contribution in [2.45, 2.75) is 53.4 Å². The molecule has 1 aromatic heterocycles. The molecule has 36 heavy (non-hydrogen) atoms. The average molecular weight is 533 g/mol. The standard InChI is InChI=1S/C26H30F6N2OS/c1-8-19(12-11-13-20(9-2)26(30,31)32)15-22(36-10-3)17(5)24-33-21(14-16(4)25(27,28)29)23(18(6)35)34(24)7/h8-9,11,13-15H,1,10,12H2,2-7H3/b13-11-,16-14+,19-15+,20-9+,22-17-. The van der Waals surface area contributed by atoms with Crippen LogP contribution in [0, 0.1) is 0 Å². The van der Waals surface area contributed by atoms with Crippen molar-refractivity contribution in [3.05, 3.63) is 75.8 Å².